The molecule has 1 N–H and O–H groups in total. The first kappa shape index (κ1) is 15.6. The zero-order valence-corrected chi connectivity index (χ0v) is 11.2. The van der Waals surface area contributed by atoms with E-state index in [-0.39, 0.29) is 24.3 Å². The number of nitrogens with zero attached hydrogens (tertiary/aromatic N) is 1. The molecule has 1 unspecified atom stereocenters. The van der Waals surface area contributed by atoms with Gasteiger partial charge in [0, 0.05) is 19.5 Å². The number of benzene rings is 1. The second-order valence-corrected chi connectivity index (χ2v) is 4.29. The van der Waals surface area contributed by atoms with Crippen LogP contribution in [0.5, 0.6) is 0 Å². The van der Waals surface area contributed by atoms with Crippen molar-refractivity contribution in [3.05, 3.63) is 35.4 Å². The van der Waals surface area contributed by atoms with Crippen LogP contribution in [0.1, 0.15) is 38.4 Å². The van der Waals surface area contributed by atoms with Gasteiger partial charge in [-0.25, -0.2) is 8.78 Å². The Labute approximate surface area is 111 Å². The van der Waals surface area contributed by atoms with Gasteiger partial charge in [0.05, 0.1) is 6.10 Å². The lowest BCUT2D eigenvalue weighted by atomic mass is 10.0. The molecule has 1 rings (SSSR count). The third kappa shape index (κ3) is 4.28. The highest BCUT2D eigenvalue weighted by Crippen LogP contribution is 2.20. The fourth-order valence-electron chi connectivity index (χ4n) is 1.88. The van der Waals surface area contributed by atoms with Gasteiger partial charge in [-0.1, -0.05) is 6.07 Å². The summed E-state index contributed by atoms with van der Waals surface area (Å²) in [4.78, 5) is 13.4. The van der Waals surface area contributed by atoms with Gasteiger partial charge in [-0.05, 0) is 38.0 Å². The van der Waals surface area contributed by atoms with Crippen molar-refractivity contribution in [1.82, 2.24) is 4.90 Å². The highest BCUT2D eigenvalue weighted by atomic mass is 19.2. The Hall–Kier alpha value is -1.49. The molecule has 1 aromatic carbocycles. The maximum atomic E-state index is 13.0. The molecule has 1 atom stereocenters. The third-order valence-corrected chi connectivity index (χ3v) is 3.08. The van der Waals surface area contributed by atoms with E-state index >= 15 is 0 Å². The molecule has 0 aliphatic heterocycles. The summed E-state index contributed by atoms with van der Waals surface area (Å²) in [6, 6.07) is 3.26. The minimum absolute atomic E-state index is 0.0494. The van der Waals surface area contributed by atoms with Crippen LogP contribution < -0.4 is 0 Å². The van der Waals surface area contributed by atoms with Crippen LogP contribution in [0.3, 0.4) is 0 Å². The van der Waals surface area contributed by atoms with Gasteiger partial charge in [0.15, 0.2) is 11.6 Å². The quantitative estimate of drug-likeness (QED) is 0.864. The Morgan fingerprint density at radius 1 is 1.26 bits per heavy atom. The molecular formula is C14H19F2NO2. The zero-order valence-electron chi connectivity index (χ0n) is 11.2. The Kier molecular flexibility index (Phi) is 5.89. The van der Waals surface area contributed by atoms with Crippen molar-refractivity contribution in [3.8, 4) is 0 Å². The largest absolute Gasteiger partial charge is 0.388 e. The van der Waals surface area contributed by atoms with Crippen molar-refractivity contribution in [3.63, 3.8) is 0 Å². The van der Waals surface area contributed by atoms with Crippen molar-refractivity contribution in [2.45, 2.75) is 32.8 Å². The summed E-state index contributed by atoms with van der Waals surface area (Å²) in [6.07, 6.45) is -0.586. The average molecular weight is 271 g/mol. The van der Waals surface area contributed by atoms with E-state index < -0.39 is 17.7 Å². The summed E-state index contributed by atoms with van der Waals surface area (Å²) in [5, 5.41) is 9.85. The average Bonchev–Trinajstić information content (AvgIpc) is 2.40. The van der Waals surface area contributed by atoms with Crippen molar-refractivity contribution in [2.75, 3.05) is 13.1 Å². The molecule has 0 bridgehead atoms. The molecule has 5 heteroatoms. The summed E-state index contributed by atoms with van der Waals surface area (Å²) < 4.78 is 25.8. The normalized spacial score (nSPS) is 12.3. The van der Waals surface area contributed by atoms with Crippen LogP contribution >= 0.6 is 0 Å². The van der Waals surface area contributed by atoms with Gasteiger partial charge in [-0.2, -0.15) is 0 Å². The van der Waals surface area contributed by atoms with Crippen LogP contribution in [0.15, 0.2) is 18.2 Å². The first-order valence-corrected chi connectivity index (χ1v) is 6.40. The van der Waals surface area contributed by atoms with Crippen molar-refractivity contribution >= 4 is 5.91 Å². The summed E-state index contributed by atoms with van der Waals surface area (Å²) >= 11 is 0. The number of aliphatic hydroxyl groups excluding tert-OH is 1. The number of hydrogen-bond acceptors (Lipinski definition) is 2. The van der Waals surface area contributed by atoms with Crippen LogP contribution in [0.25, 0.3) is 0 Å². The van der Waals surface area contributed by atoms with Crippen molar-refractivity contribution in [1.29, 1.82) is 0 Å². The van der Waals surface area contributed by atoms with Crippen LogP contribution in [0, 0.1) is 11.6 Å². The SMILES string of the molecule is CCN(CC)C(=O)CCC(O)c1ccc(F)c(F)c1. The van der Waals surface area contributed by atoms with Crippen LogP contribution in [-0.4, -0.2) is 29.0 Å². The van der Waals surface area contributed by atoms with Gasteiger partial charge in [0.25, 0.3) is 0 Å². The van der Waals surface area contributed by atoms with Crippen LogP contribution in [0.2, 0.25) is 0 Å². The van der Waals surface area contributed by atoms with E-state index in [2.05, 4.69) is 0 Å². The first-order chi connectivity index (χ1) is 8.99. The molecule has 0 heterocycles. The van der Waals surface area contributed by atoms with E-state index in [0.29, 0.717) is 13.1 Å². The molecule has 0 radical (unpaired) electrons. The molecule has 0 saturated carbocycles. The fourth-order valence-corrected chi connectivity index (χ4v) is 1.88. The zero-order chi connectivity index (χ0) is 14.4. The lowest BCUT2D eigenvalue weighted by Crippen LogP contribution is -2.30. The Morgan fingerprint density at radius 2 is 1.89 bits per heavy atom. The molecule has 3 nitrogen and oxygen atoms in total. The molecule has 0 saturated heterocycles. The molecule has 0 fully saturated rings. The summed E-state index contributed by atoms with van der Waals surface area (Å²) in [7, 11) is 0. The molecule has 106 valence electrons. The monoisotopic (exact) mass is 271 g/mol. The van der Waals surface area contributed by atoms with Gasteiger partial charge in [0.2, 0.25) is 5.91 Å². The topological polar surface area (TPSA) is 40.5 Å². The third-order valence-electron chi connectivity index (χ3n) is 3.08. The maximum Gasteiger partial charge on any atom is 0.222 e. The molecule has 19 heavy (non-hydrogen) atoms. The molecule has 0 aliphatic rings. The highest BCUT2D eigenvalue weighted by molar-refractivity contribution is 5.76. The Balaban J connectivity index is 2.57. The van der Waals surface area contributed by atoms with Gasteiger partial charge in [-0.15, -0.1) is 0 Å². The van der Waals surface area contributed by atoms with Crippen LogP contribution in [0.4, 0.5) is 8.78 Å². The summed E-state index contributed by atoms with van der Waals surface area (Å²) in [5.41, 5.74) is 0.284. The predicted molar refractivity (Wildman–Crippen MR) is 68.5 cm³/mol. The number of carbonyl (C=O) groups is 1. The number of aliphatic hydroxyl groups is 1. The van der Waals surface area contributed by atoms with E-state index in [1.807, 2.05) is 13.8 Å². The Bertz CT molecular complexity index is 433. The predicted octanol–water partition coefficient (Wildman–Crippen LogP) is 2.65. The van der Waals surface area contributed by atoms with Gasteiger partial charge >= 0.3 is 0 Å². The number of halogens is 2. The Morgan fingerprint density at radius 3 is 2.42 bits per heavy atom. The molecule has 0 aromatic heterocycles. The molecule has 1 amide bonds. The molecule has 1 aromatic rings. The van der Waals surface area contributed by atoms with Gasteiger partial charge in [0.1, 0.15) is 0 Å². The lowest BCUT2D eigenvalue weighted by molar-refractivity contribution is -0.131. The highest BCUT2D eigenvalue weighted by Gasteiger charge is 2.15. The van der Waals surface area contributed by atoms with E-state index in [0.717, 1.165) is 12.1 Å². The molecule has 0 spiro atoms. The smallest absolute Gasteiger partial charge is 0.222 e. The summed E-state index contributed by atoms with van der Waals surface area (Å²) in [6.45, 7) is 5.01. The van der Waals surface area contributed by atoms with E-state index in [1.54, 1.807) is 4.90 Å². The minimum atomic E-state index is -0.994. The molecule has 0 aliphatic carbocycles. The van der Waals surface area contributed by atoms with Crippen molar-refractivity contribution < 1.29 is 18.7 Å². The number of carbonyl (C=O) groups excluding carboxylic acids is 1. The second kappa shape index (κ2) is 7.19. The van der Waals surface area contributed by atoms with Crippen LogP contribution in [-0.2, 0) is 4.79 Å². The van der Waals surface area contributed by atoms with E-state index in [4.69, 9.17) is 0 Å². The van der Waals surface area contributed by atoms with Gasteiger partial charge in [-0.3, -0.25) is 4.79 Å². The first-order valence-electron chi connectivity index (χ1n) is 6.40. The van der Waals surface area contributed by atoms with Gasteiger partial charge < -0.3 is 10.0 Å². The summed E-state index contributed by atoms with van der Waals surface area (Å²) in [5.74, 6) is -1.99. The lowest BCUT2D eigenvalue weighted by Gasteiger charge is -2.19. The second-order valence-electron chi connectivity index (χ2n) is 4.29. The standard InChI is InChI=1S/C14H19F2NO2/c1-3-17(4-2)14(19)8-7-13(18)10-5-6-11(15)12(16)9-10/h5-6,9,13,18H,3-4,7-8H2,1-2H3. The number of rotatable bonds is 6. The van der Waals surface area contributed by atoms with Crippen molar-refractivity contribution in [2.24, 2.45) is 0 Å². The van der Waals surface area contributed by atoms with E-state index in [1.165, 1.54) is 6.07 Å². The fraction of sp³-hybridized carbons (Fsp3) is 0.500. The minimum Gasteiger partial charge on any atom is -0.388 e. The molecular weight excluding hydrogens is 252 g/mol. The maximum absolute atomic E-state index is 13.0. The number of hydrogen-bond donors (Lipinski definition) is 1. The number of amides is 1. The van der Waals surface area contributed by atoms with E-state index in [9.17, 15) is 18.7 Å².